The maximum absolute atomic E-state index is 5.42. The first-order chi connectivity index (χ1) is 6.24. The molecule has 0 saturated heterocycles. The highest BCUT2D eigenvalue weighted by atomic mass is 32.1. The maximum Gasteiger partial charge on any atom is 0.0386 e. The van der Waals surface area contributed by atoms with Crippen molar-refractivity contribution in [2.75, 3.05) is 13.1 Å². The van der Waals surface area contributed by atoms with Gasteiger partial charge in [0.25, 0.3) is 0 Å². The standard InChI is InChI=1S/C10H18N2S/c1-8-4-5-10(13-8)9(2)12-7-3-6-11/h4-5,9,12H,3,6-7,11H2,1-2H3. The highest BCUT2D eigenvalue weighted by Gasteiger charge is 2.05. The zero-order valence-electron chi connectivity index (χ0n) is 8.34. The minimum atomic E-state index is 0.463. The second-order valence-electron chi connectivity index (χ2n) is 3.27. The molecule has 0 aliphatic rings. The van der Waals surface area contributed by atoms with E-state index >= 15 is 0 Å². The molecule has 74 valence electrons. The van der Waals surface area contributed by atoms with E-state index in [1.165, 1.54) is 9.75 Å². The molecule has 1 unspecified atom stereocenters. The van der Waals surface area contributed by atoms with Crippen LogP contribution in [0, 0.1) is 6.92 Å². The molecule has 1 rings (SSSR count). The molecule has 13 heavy (non-hydrogen) atoms. The molecule has 0 saturated carbocycles. The number of rotatable bonds is 5. The molecule has 0 bridgehead atoms. The SMILES string of the molecule is Cc1ccc(C(C)NCCCN)s1. The van der Waals surface area contributed by atoms with Gasteiger partial charge in [-0.3, -0.25) is 0 Å². The Morgan fingerprint density at radius 2 is 2.31 bits per heavy atom. The molecule has 1 atom stereocenters. The smallest absolute Gasteiger partial charge is 0.0386 e. The lowest BCUT2D eigenvalue weighted by molar-refractivity contribution is 0.569. The van der Waals surface area contributed by atoms with Crippen LogP contribution in [0.4, 0.5) is 0 Å². The highest BCUT2D eigenvalue weighted by molar-refractivity contribution is 7.12. The normalized spacial score (nSPS) is 13.2. The van der Waals surface area contributed by atoms with Gasteiger partial charge in [0, 0.05) is 15.8 Å². The summed E-state index contributed by atoms with van der Waals surface area (Å²) in [6, 6.07) is 4.83. The summed E-state index contributed by atoms with van der Waals surface area (Å²) in [6.45, 7) is 6.11. The van der Waals surface area contributed by atoms with Crippen molar-refractivity contribution in [2.24, 2.45) is 5.73 Å². The highest BCUT2D eigenvalue weighted by Crippen LogP contribution is 2.21. The van der Waals surface area contributed by atoms with E-state index in [9.17, 15) is 0 Å². The van der Waals surface area contributed by atoms with Crippen LogP contribution in [0.3, 0.4) is 0 Å². The van der Waals surface area contributed by atoms with Crippen LogP contribution in [0.5, 0.6) is 0 Å². The first kappa shape index (κ1) is 10.7. The monoisotopic (exact) mass is 198 g/mol. The molecule has 1 aromatic rings. The third kappa shape index (κ3) is 3.46. The minimum absolute atomic E-state index is 0.463. The molecular formula is C10H18N2S. The quantitative estimate of drug-likeness (QED) is 0.711. The third-order valence-electron chi connectivity index (χ3n) is 2.02. The fourth-order valence-corrected chi connectivity index (χ4v) is 2.11. The van der Waals surface area contributed by atoms with Crippen LogP contribution in [0.15, 0.2) is 12.1 Å². The van der Waals surface area contributed by atoms with E-state index in [-0.39, 0.29) is 0 Å². The van der Waals surface area contributed by atoms with Crippen LogP contribution in [0.1, 0.15) is 29.1 Å². The van der Waals surface area contributed by atoms with E-state index in [1.54, 1.807) is 0 Å². The Hall–Kier alpha value is -0.380. The summed E-state index contributed by atoms with van der Waals surface area (Å²) in [5.41, 5.74) is 5.42. The van der Waals surface area contributed by atoms with Gasteiger partial charge in [0.15, 0.2) is 0 Å². The van der Waals surface area contributed by atoms with Crippen LogP contribution < -0.4 is 11.1 Å². The molecule has 0 aromatic carbocycles. The van der Waals surface area contributed by atoms with E-state index in [2.05, 4.69) is 31.3 Å². The summed E-state index contributed by atoms with van der Waals surface area (Å²) in [4.78, 5) is 2.79. The topological polar surface area (TPSA) is 38.0 Å². The number of thiophene rings is 1. The van der Waals surface area contributed by atoms with Crippen molar-refractivity contribution in [3.8, 4) is 0 Å². The summed E-state index contributed by atoms with van der Waals surface area (Å²) in [5.74, 6) is 0. The van der Waals surface area contributed by atoms with Gasteiger partial charge in [-0.05, 0) is 45.5 Å². The van der Waals surface area contributed by atoms with Crippen molar-refractivity contribution in [3.05, 3.63) is 21.9 Å². The summed E-state index contributed by atoms with van der Waals surface area (Å²) in [7, 11) is 0. The Kier molecular flexibility index (Phi) is 4.42. The molecule has 0 spiro atoms. The van der Waals surface area contributed by atoms with Crippen LogP contribution in [-0.4, -0.2) is 13.1 Å². The second kappa shape index (κ2) is 5.37. The molecule has 2 nitrogen and oxygen atoms in total. The van der Waals surface area contributed by atoms with Crippen molar-refractivity contribution in [1.29, 1.82) is 0 Å². The van der Waals surface area contributed by atoms with Gasteiger partial charge in [-0.1, -0.05) is 0 Å². The van der Waals surface area contributed by atoms with Crippen LogP contribution in [0.25, 0.3) is 0 Å². The fraction of sp³-hybridized carbons (Fsp3) is 0.600. The molecule has 0 radical (unpaired) electrons. The maximum atomic E-state index is 5.42. The lowest BCUT2D eigenvalue weighted by atomic mass is 10.2. The van der Waals surface area contributed by atoms with Gasteiger partial charge in [0.05, 0.1) is 0 Å². The van der Waals surface area contributed by atoms with Gasteiger partial charge < -0.3 is 11.1 Å². The third-order valence-corrected chi connectivity index (χ3v) is 3.20. The summed E-state index contributed by atoms with van der Waals surface area (Å²) in [6.07, 6.45) is 1.05. The molecule has 1 heterocycles. The van der Waals surface area contributed by atoms with Gasteiger partial charge in [0.1, 0.15) is 0 Å². The summed E-state index contributed by atoms with van der Waals surface area (Å²) >= 11 is 1.86. The Bertz CT molecular complexity index is 245. The number of aryl methyl sites for hydroxylation is 1. The predicted octanol–water partition coefficient (Wildman–Crippen LogP) is 2.06. The largest absolute Gasteiger partial charge is 0.330 e. The van der Waals surface area contributed by atoms with Gasteiger partial charge in [-0.15, -0.1) is 11.3 Å². The molecule has 0 aliphatic heterocycles. The van der Waals surface area contributed by atoms with E-state index in [1.807, 2.05) is 11.3 Å². The fourth-order valence-electron chi connectivity index (χ4n) is 1.21. The molecule has 0 aliphatic carbocycles. The Labute approximate surface area is 84.2 Å². The Balaban J connectivity index is 2.35. The number of nitrogens with one attached hydrogen (secondary N) is 1. The van der Waals surface area contributed by atoms with Crippen molar-refractivity contribution in [2.45, 2.75) is 26.3 Å². The average molecular weight is 198 g/mol. The van der Waals surface area contributed by atoms with Crippen LogP contribution >= 0.6 is 11.3 Å². The van der Waals surface area contributed by atoms with Crippen LogP contribution in [0.2, 0.25) is 0 Å². The van der Waals surface area contributed by atoms with Gasteiger partial charge in [-0.2, -0.15) is 0 Å². The lowest BCUT2D eigenvalue weighted by Crippen LogP contribution is -2.21. The van der Waals surface area contributed by atoms with Crippen molar-refractivity contribution < 1.29 is 0 Å². The first-order valence-electron chi connectivity index (χ1n) is 4.74. The van der Waals surface area contributed by atoms with Crippen molar-refractivity contribution in [1.82, 2.24) is 5.32 Å². The van der Waals surface area contributed by atoms with E-state index in [0.717, 1.165) is 19.5 Å². The zero-order valence-corrected chi connectivity index (χ0v) is 9.16. The number of hydrogen-bond acceptors (Lipinski definition) is 3. The van der Waals surface area contributed by atoms with Crippen molar-refractivity contribution >= 4 is 11.3 Å². The zero-order chi connectivity index (χ0) is 9.68. The molecule has 0 amide bonds. The van der Waals surface area contributed by atoms with Gasteiger partial charge >= 0.3 is 0 Å². The van der Waals surface area contributed by atoms with Gasteiger partial charge in [-0.25, -0.2) is 0 Å². The van der Waals surface area contributed by atoms with E-state index in [4.69, 9.17) is 5.73 Å². The predicted molar refractivity (Wildman–Crippen MR) is 59.1 cm³/mol. The minimum Gasteiger partial charge on any atom is -0.330 e. The van der Waals surface area contributed by atoms with Gasteiger partial charge in [0.2, 0.25) is 0 Å². The summed E-state index contributed by atoms with van der Waals surface area (Å²) in [5, 5.41) is 3.44. The number of nitrogens with two attached hydrogens (primary N) is 1. The summed E-state index contributed by atoms with van der Waals surface area (Å²) < 4.78 is 0. The van der Waals surface area contributed by atoms with E-state index < -0.39 is 0 Å². The molecule has 0 fully saturated rings. The number of hydrogen-bond donors (Lipinski definition) is 2. The molecule has 3 heteroatoms. The molecule has 3 N–H and O–H groups in total. The Morgan fingerprint density at radius 1 is 1.54 bits per heavy atom. The molecular weight excluding hydrogens is 180 g/mol. The average Bonchev–Trinajstić information content (AvgIpc) is 2.52. The van der Waals surface area contributed by atoms with Crippen molar-refractivity contribution in [3.63, 3.8) is 0 Å². The van der Waals surface area contributed by atoms with Crippen LogP contribution in [-0.2, 0) is 0 Å². The Morgan fingerprint density at radius 3 is 2.85 bits per heavy atom. The first-order valence-corrected chi connectivity index (χ1v) is 5.55. The second-order valence-corrected chi connectivity index (χ2v) is 4.59. The van der Waals surface area contributed by atoms with E-state index in [0.29, 0.717) is 6.04 Å². The molecule has 1 aromatic heterocycles. The lowest BCUT2D eigenvalue weighted by Gasteiger charge is -2.10.